The molecule has 1 atom stereocenters. The lowest BCUT2D eigenvalue weighted by Gasteiger charge is -2.27. The molecule has 3 heteroatoms. The van der Waals surface area contributed by atoms with Crippen LogP contribution in [0.5, 0.6) is 0 Å². The highest BCUT2D eigenvalue weighted by molar-refractivity contribution is 5.03. The smallest absolute Gasteiger partial charge is 0.0543 e. The lowest BCUT2D eigenvalue weighted by atomic mass is 10.1. The van der Waals surface area contributed by atoms with Crippen LogP contribution in [0.4, 0.5) is 0 Å². The van der Waals surface area contributed by atoms with Crippen LogP contribution in [-0.4, -0.2) is 35.6 Å². The molecule has 100 valence electrons. The van der Waals surface area contributed by atoms with Crippen LogP contribution in [0, 0.1) is 5.92 Å². The summed E-state index contributed by atoms with van der Waals surface area (Å²) in [4.78, 5) is 6.98. The van der Waals surface area contributed by atoms with Crippen molar-refractivity contribution >= 4 is 0 Å². The molecular formula is C15H25N3. The van der Waals surface area contributed by atoms with Crippen LogP contribution in [0.15, 0.2) is 24.4 Å². The van der Waals surface area contributed by atoms with Gasteiger partial charge in [-0.15, -0.1) is 0 Å². The minimum atomic E-state index is 0.674. The summed E-state index contributed by atoms with van der Waals surface area (Å²) >= 11 is 0. The maximum Gasteiger partial charge on any atom is 0.0543 e. The Hall–Kier alpha value is -0.930. The first-order valence-corrected chi connectivity index (χ1v) is 7.09. The number of hydrogen-bond acceptors (Lipinski definition) is 3. The van der Waals surface area contributed by atoms with Gasteiger partial charge in [-0.2, -0.15) is 0 Å². The van der Waals surface area contributed by atoms with Crippen molar-refractivity contribution in [2.45, 2.75) is 39.3 Å². The van der Waals surface area contributed by atoms with E-state index >= 15 is 0 Å². The molecule has 18 heavy (non-hydrogen) atoms. The molecule has 0 bridgehead atoms. The molecule has 0 saturated carbocycles. The minimum absolute atomic E-state index is 0.674. The average Bonchev–Trinajstić information content (AvgIpc) is 2.82. The van der Waals surface area contributed by atoms with Crippen LogP contribution in [-0.2, 0) is 6.54 Å². The molecule has 1 saturated heterocycles. The highest BCUT2D eigenvalue weighted by Crippen LogP contribution is 2.11. The van der Waals surface area contributed by atoms with Crippen molar-refractivity contribution in [2.24, 2.45) is 5.92 Å². The molecule has 0 spiro atoms. The van der Waals surface area contributed by atoms with Crippen LogP contribution >= 0.6 is 0 Å². The second kappa shape index (κ2) is 6.86. The van der Waals surface area contributed by atoms with E-state index < -0.39 is 0 Å². The fraction of sp³-hybridized carbons (Fsp3) is 0.667. The molecule has 1 aliphatic rings. The van der Waals surface area contributed by atoms with Crippen molar-refractivity contribution in [3.05, 3.63) is 30.1 Å². The van der Waals surface area contributed by atoms with Gasteiger partial charge in [0, 0.05) is 31.9 Å². The summed E-state index contributed by atoms with van der Waals surface area (Å²) in [5.41, 5.74) is 1.18. The van der Waals surface area contributed by atoms with Crippen molar-refractivity contribution in [3.8, 4) is 0 Å². The van der Waals surface area contributed by atoms with Gasteiger partial charge < -0.3 is 5.32 Å². The highest BCUT2D eigenvalue weighted by Gasteiger charge is 2.18. The van der Waals surface area contributed by atoms with Crippen molar-refractivity contribution in [1.29, 1.82) is 0 Å². The van der Waals surface area contributed by atoms with E-state index in [0.717, 1.165) is 19.6 Å². The normalized spacial score (nSPS) is 19.9. The Morgan fingerprint density at radius 1 is 1.44 bits per heavy atom. The number of nitrogens with zero attached hydrogens (tertiary/aromatic N) is 2. The Balaban J connectivity index is 1.91. The van der Waals surface area contributed by atoms with Crippen molar-refractivity contribution in [3.63, 3.8) is 0 Å². The van der Waals surface area contributed by atoms with Gasteiger partial charge in [0.25, 0.3) is 0 Å². The van der Waals surface area contributed by atoms with Crippen LogP contribution in [0.1, 0.15) is 32.4 Å². The van der Waals surface area contributed by atoms with Crippen LogP contribution in [0.3, 0.4) is 0 Å². The Bertz CT molecular complexity index is 331. The maximum atomic E-state index is 4.44. The average molecular weight is 247 g/mol. The predicted molar refractivity (Wildman–Crippen MR) is 75.4 cm³/mol. The van der Waals surface area contributed by atoms with Gasteiger partial charge >= 0.3 is 0 Å². The number of nitrogens with one attached hydrogen (secondary N) is 1. The van der Waals surface area contributed by atoms with Crippen molar-refractivity contribution in [1.82, 2.24) is 15.2 Å². The molecule has 0 amide bonds. The Kier molecular flexibility index (Phi) is 5.14. The SMILES string of the molecule is CC(C)CN(Cc1ccccn1)CC1CCCN1. The summed E-state index contributed by atoms with van der Waals surface area (Å²) in [6, 6.07) is 6.85. The molecular weight excluding hydrogens is 222 g/mol. The summed E-state index contributed by atoms with van der Waals surface area (Å²) in [5.74, 6) is 0.704. The van der Waals surface area contributed by atoms with E-state index in [-0.39, 0.29) is 0 Å². The second-order valence-electron chi connectivity index (χ2n) is 5.70. The molecule has 2 rings (SSSR count). The summed E-state index contributed by atoms with van der Waals surface area (Å²) in [6.45, 7) is 9.02. The van der Waals surface area contributed by atoms with E-state index in [2.05, 4.69) is 41.2 Å². The zero-order valence-corrected chi connectivity index (χ0v) is 11.6. The highest BCUT2D eigenvalue weighted by atomic mass is 15.2. The fourth-order valence-corrected chi connectivity index (χ4v) is 2.67. The van der Waals surface area contributed by atoms with Gasteiger partial charge in [0.2, 0.25) is 0 Å². The Morgan fingerprint density at radius 3 is 2.94 bits per heavy atom. The third-order valence-corrected chi connectivity index (χ3v) is 3.38. The molecule has 1 aromatic heterocycles. The first-order chi connectivity index (χ1) is 8.74. The summed E-state index contributed by atoms with van der Waals surface area (Å²) in [6.07, 6.45) is 4.53. The molecule has 1 aromatic rings. The van der Waals surface area contributed by atoms with Gasteiger partial charge in [0.1, 0.15) is 0 Å². The molecule has 1 aliphatic heterocycles. The zero-order chi connectivity index (χ0) is 12.8. The molecule has 1 fully saturated rings. The summed E-state index contributed by atoms with van der Waals surface area (Å²) in [5, 5.41) is 3.58. The first-order valence-electron chi connectivity index (χ1n) is 7.09. The second-order valence-corrected chi connectivity index (χ2v) is 5.70. The number of hydrogen-bond donors (Lipinski definition) is 1. The standard InChI is InChI=1S/C15H25N3/c1-13(2)10-18(12-15-7-5-9-17-15)11-14-6-3-4-8-16-14/h3-4,6,8,13,15,17H,5,7,9-12H2,1-2H3. The number of rotatable bonds is 6. The van der Waals surface area contributed by atoms with Gasteiger partial charge in [-0.05, 0) is 37.4 Å². The third kappa shape index (κ3) is 4.39. The first kappa shape index (κ1) is 13.5. The topological polar surface area (TPSA) is 28.2 Å². The zero-order valence-electron chi connectivity index (χ0n) is 11.6. The minimum Gasteiger partial charge on any atom is -0.313 e. The fourth-order valence-electron chi connectivity index (χ4n) is 2.67. The van der Waals surface area contributed by atoms with E-state index in [9.17, 15) is 0 Å². The van der Waals surface area contributed by atoms with E-state index in [1.165, 1.54) is 25.1 Å². The molecule has 1 unspecified atom stereocenters. The van der Waals surface area contributed by atoms with Gasteiger partial charge in [0.05, 0.1) is 5.69 Å². The lowest BCUT2D eigenvalue weighted by Crippen LogP contribution is -2.39. The van der Waals surface area contributed by atoms with E-state index in [0.29, 0.717) is 12.0 Å². The van der Waals surface area contributed by atoms with Gasteiger partial charge in [-0.25, -0.2) is 0 Å². The van der Waals surface area contributed by atoms with E-state index in [1.54, 1.807) is 0 Å². The van der Waals surface area contributed by atoms with E-state index in [4.69, 9.17) is 0 Å². The Morgan fingerprint density at radius 2 is 2.33 bits per heavy atom. The molecule has 1 N–H and O–H groups in total. The monoisotopic (exact) mass is 247 g/mol. The summed E-state index contributed by atoms with van der Waals surface area (Å²) < 4.78 is 0. The summed E-state index contributed by atoms with van der Waals surface area (Å²) in [7, 11) is 0. The van der Waals surface area contributed by atoms with E-state index in [1.807, 2.05) is 12.3 Å². The maximum absolute atomic E-state index is 4.44. The quantitative estimate of drug-likeness (QED) is 0.836. The molecule has 0 radical (unpaired) electrons. The van der Waals surface area contributed by atoms with Crippen LogP contribution in [0.2, 0.25) is 0 Å². The molecule has 0 aliphatic carbocycles. The third-order valence-electron chi connectivity index (χ3n) is 3.38. The number of aromatic nitrogens is 1. The number of pyridine rings is 1. The molecule has 3 nitrogen and oxygen atoms in total. The van der Waals surface area contributed by atoms with Crippen LogP contribution in [0.25, 0.3) is 0 Å². The van der Waals surface area contributed by atoms with Crippen LogP contribution < -0.4 is 5.32 Å². The predicted octanol–water partition coefficient (Wildman–Crippen LogP) is 2.29. The van der Waals surface area contributed by atoms with Gasteiger partial charge in [-0.3, -0.25) is 9.88 Å². The van der Waals surface area contributed by atoms with Crippen molar-refractivity contribution < 1.29 is 0 Å². The molecule has 0 aromatic carbocycles. The Labute approximate surface area is 111 Å². The van der Waals surface area contributed by atoms with Gasteiger partial charge in [0.15, 0.2) is 0 Å². The largest absolute Gasteiger partial charge is 0.313 e. The molecule has 2 heterocycles. The van der Waals surface area contributed by atoms with Crippen molar-refractivity contribution in [2.75, 3.05) is 19.6 Å². The lowest BCUT2D eigenvalue weighted by molar-refractivity contribution is 0.214. The van der Waals surface area contributed by atoms with Gasteiger partial charge in [-0.1, -0.05) is 19.9 Å².